The van der Waals surface area contributed by atoms with Crippen molar-refractivity contribution in [1.29, 1.82) is 0 Å². The van der Waals surface area contributed by atoms with Crippen molar-refractivity contribution in [2.45, 2.75) is 13.8 Å². The fraction of sp³-hybridized carbons (Fsp3) is 0.333. The van der Waals surface area contributed by atoms with Gasteiger partial charge in [0.2, 0.25) is 0 Å². The molecule has 0 rings (SSSR count). The fourth-order valence-electron chi connectivity index (χ4n) is 0.759. The van der Waals surface area contributed by atoms with Crippen LogP contribution in [0, 0.1) is 0 Å². The summed E-state index contributed by atoms with van der Waals surface area (Å²) in [5.41, 5.74) is 0. The third kappa shape index (κ3) is 34.4. The van der Waals surface area contributed by atoms with Gasteiger partial charge in [0.25, 0.3) is 0 Å². The van der Waals surface area contributed by atoms with E-state index >= 15 is 0 Å². The molecule has 0 N–H and O–H groups in total. The number of phosphoric ester groups is 2. The molecule has 0 heterocycles. The van der Waals surface area contributed by atoms with Crippen LogP contribution in [0.5, 0.6) is 0 Å². The van der Waals surface area contributed by atoms with Crippen LogP contribution in [0.25, 0.3) is 0 Å². The van der Waals surface area contributed by atoms with Crippen molar-refractivity contribution in [3.8, 4) is 0 Å². The predicted octanol–water partition coefficient (Wildman–Crippen LogP) is -0.453. The van der Waals surface area contributed by atoms with E-state index in [4.69, 9.17) is 0 Å². The molecule has 0 bridgehead atoms. The minimum atomic E-state index is -4.79. The summed E-state index contributed by atoms with van der Waals surface area (Å²) in [4.78, 5) is 39.4. The minimum Gasteiger partial charge on any atom is -0.790 e. The van der Waals surface area contributed by atoms with Crippen molar-refractivity contribution in [3.63, 3.8) is 0 Å². The van der Waals surface area contributed by atoms with Gasteiger partial charge in [-0.05, 0) is 13.8 Å². The van der Waals surface area contributed by atoms with E-state index in [2.05, 4.69) is 9.05 Å². The molecule has 0 saturated carbocycles. The minimum absolute atomic E-state index is 0. The molecule has 0 spiro atoms. The average molecular weight is 471 g/mol. The molecule has 0 saturated heterocycles. The van der Waals surface area contributed by atoms with Gasteiger partial charge in [-0.15, -0.1) is 0 Å². The van der Waals surface area contributed by atoms with Crippen LogP contribution >= 0.6 is 15.6 Å². The Bertz CT molecular complexity index is 431. The van der Waals surface area contributed by atoms with E-state index in [1.807, 2.05) is 13.8 Å². The van der Waals surface area contributed by atoms with Crippen molar-refractivity contribution in [3.05, 3.63) is 48.6 Å². The summed E-state index contributed by atoms with van der Waals surface area (Å²) < 4.78 is 27.5. The molecule has 11 heteroatoms. The molecule has 8 nitrogen and oxygen atoms in total. The largest absolute Gasteiger partial charge is 4.00 e. The Morgan fingerprint density at radius 2 is 1.04 bits per heavy atom. The van der Waals surface area contributed by atoms with Crippen molar-refractivity contribution in [1.82, 2.24) is 0 Å². The zero-order chi connectivity index (χ0) is 17.5. The monoisotopic (exact) mass is 472 g/mol. The molecular weight excluding hydrogens is 453 g/mol. The first-order chi connectivity index (χ1) is 10.1. The Morgan fingerprint density at radius 3 is 1.26 bits per heavy atom. The topological polar surface area (TPSA) is 145 Å². The maximum absolute atomic E-state index is 9.86. The number of phosphoric acid groups is 2. The summed E-state index contributed by atoms with van der Waals surface area (Å²) in [6.45, 7) is 3.23. The molecule has 0 aromatic rings. The molecule has 0 atom stereocenters. The zero-order valence-corrected chi connectivity index (χ0v) is 17.3. The molecule has 0 aromatic heterocycles. The normalized spacial score (nSPS) is 12.8. The first-order valence-corrected chi connectivity index (χ1v) is 8.93. The summed E-state index contributed by atoms with van der Waals surface area (Å²) in [5.74, 6) is 0. The van der Waals surface area contributed by atoms with Crippen LogP contribution < -0.4 is 19.6 Å². The predicted molar refractivity (Wildman–Crippen MR) is 80.8 cm³/mol. The summed E-state index contributed by atoms with van der Waals surface area (Å²) in [6.07, 6.45) is 13.0. The average Bonchev–Trinajstić information content (AvgIpc) is 2.36. The van der Waals surface area contributed by atoms with Gasteiger partial charge >= 0.3 is 23.9 Å². The summed E-state index contributed by atoms with van der Waals surface area (Å²) in [7, 11) is -9.58. The maximum Gasteiger partial charge on any atom is 4.00 e. The maximum atomic E-state index is 9.86. The van der Waals surface area contributed by atoms with E-state index in [-0.39, 0.29) is 37.1 Å². The van der Waals surface area contributed by atoms with Gasteiger partial charge in [0.1, 0.15) is 0 Å². The molecule has 0 aliphatic heterocycles. The molecule has 0 radical (unpaired) electrons. The third-order valence-corrected chi connectivity index (χ3v) is 2.47. The van der Waals surface area contributed by atoms with Gasteiger partial charge in [-0.25, -0.2) is 0 Å². The van der Waals surface area contributed by atoms with Gasteiger partial charge in [-0.1, -0.05) is 48.6 Å². The quantitative estimate of drug-likeness (QED) is 0.263. The van der Waals surface area contributed by atoms with Crippen LogP contribution in [-0.4, -0.2) is 37.1 Å². The molecule has 0 unspecified atom stereocenters. The van der Waals surface area contributed by atoms with E-state index in [9.17, 15) is 28.7 Å². The second kappa shape index (κ2) is 16.8. The van der Waals surface area contributed by atoms with Crippen LogP contribution in [0.2, 0.25) is 0 Å². The fourth-order valence-corrected chi connectivity index (χ4v) is 1.30. The number of hydrogen-bond acceptors (Lipinski definition) is 8. The Balaban J connectivity index is -0.000000333. The van der Waals surface area contributed by atoms with Crippen molar-refractivity contribution in [2.75, 3.05) is 13.2 Å². The van der Waals surface area contributed by atoms with E-state index in [0.29, 0.717) is 0 Å². The van der Waals surface area contributed by atoms with Gasteiger partial charge in [-0.3, -0.25) is 0 Å². The standard InChI is InChI=1S/2C6H11O4P.Sn/c2*1-2-3-4-5-6-10-11(7,8)9;/h2*2-5H,6H2,1H3,(H2,7,8,9);/q;;+4/p-4/b2*3-2+,5-4+;. The number of rotatable bonds is 8. The Kier molecular flexibility index (Phi) is 20.3. The van der Waals surface area contributed by atoms with Crippen molar-refractivity contribution >= 4 is 39.6 Å². The summed E-state index contributed by atoms with van der Waals surface area (Å²) in [6, 6.07) is 0. The van der Waals surface area contributed by atoms with Gasteiger partial charge in [0.05, 0.1) is 28.9 Å². The van der Waals surface area contributed by atoms with E-state index in [0.717, 1.165) is 0 Å². The van der Waals surface area contributed by atoms with Gasteiger partial charge < -0.3 is 37.8 Å². The molecule has 0 fully saturated rings. The molecular formula is C12H18O8P2Sn. The Labute approximate surface area is 153 Å². The van der Waals surface area contributed by atoms with Gasteiger partial charge in [-0.2, -0.15) is 0 Å². The second-order valence-electron chi connectivity index (χ2n) is 3.39. The van der Waals surface area contributed by atoms with Gasteiger partial charge in [0.15, 0.2) is 0 Å². The molecule has 0 aliphatic carbocycles. The zero-order valence-electron chi connectivity index (χ0n) is 12.7. The van der Waals surface area contributed by atoms with Crippen LogP contribution in [0.4, 0.5) is 0 Å². The molecule has 0 aromatic carbocycles. The second-order valence-corrected chi connectivity index (χ2v) is 5.70. The SMILES string of the molecule is C/C=C/C=C/COP(=O)([O-])[O-].C/C=C/C=C/COP(=O)([O-])[O-].[Sn+4]. The molecule has 0 aliphatic rings. The van der Waals surface area contributed by atoms with Crippen LogP contribution in [0.3, 0.4) is 0 Å². The van der Waals surface area contributed by atoms with E-state index in [1.165, 1.54) is 12.2 Å². The van der Waals surface area contributed by atoms with Crippen LogP contribution in [0.15, 0.2) is 48.6 Å². The summed E-state index contributed by atoms with van der Waals surface area (Å²) >= 11 is 0. The van der Waals surface area contributed by atoms with Crippen molar-refractivity contribution < 1.29 is 37.8 Å². The van der Waals surface area contributed by atoms with Gasteiger partial charge in [0, 0.05) is 0 Å². The molecule has 128 valence electrons. The first kappa shape index (κ1) is 27.8. The van der Waals surface area contributed by atoms with Crippen LogP contribution in [-0.2, 0) is 18.2 Å². The Morgan fingerprint density at radius 1 is 0.739 bits per heavy atom. The number of allylic oxidation sites excluding steroid dienone is 6. The smallest absolute Gasteiger partial charge is 0.790 e. The molecule has 0 amide bonds. The summed E-state index contributed by atoms with van der Waals surface area (Å²) in [5, 5.41) is 0. The third-order valence-electron chi connectivity index (χ3n) is 1.54. The van der Waals surface area contributed by atoms with E-state index in [1.54, 1.807) is 36.5 Å². The Hall–Kier alpha value is -0.0213. The first-order valence-electron chi connectivity index (χ1n) is 6.01. The van der Waals surface area contributed by atoms with E-state index < -0.39 is 15.6 Å². The van der Waals surface area contributed by atoms with Crippen molar-refractivity contribution in [2.24, 2.45) is 0 Å². The van der Waals surface area contributed by atoms with Crippen LogP contribution in [0.1, 0.15) is 13.8 Å². The number of hydrogen-bond donors (Lipinski definition) is 0. The molecule has 23 heavy (non-hydrogen) atoms.